The van der Waals surface area contributed by atoms with E-state index in [9.17, 15) is 13.2 Å². The highest BCUT2D eigenvalue weighted by atomic mass is 35.5. The number of carbonyl (C=O) groups excluding carboxylic acids is 1. The average molecular weight is 497 g/mol. The third kappa shape index (κ3) is 5.17. The summed E-state index contributed by atoms with van der Waals surface area (Å²) < 4.78 is 26.1. The highest BCUT2D eigenvalue weighted by molar-refractivity contribution is 7.98. The van der Waals surface area contributed by atoms with Crippen LogP contribution >= 0.6 is 35.0 Å². The molecule has 9 heteroatoms. The van der Waals surface area contributed by atoms with Crippen molar-refractivity contribution in [2.75, 3.05) is 12.0 Å². The van der Waals surface area contributed by atoms with Crippen molar-refractivity contribution in [1.29, 1.82) is 0 Å². The molecule has 1 N–H and O–H groups in total. The van der Waals surface area contributed by atoms with E-state index >= 15 is 0 Å². The quantitative estimate of drug-likeness (QED) is 0.558. The molecule has 0 saturated carbocycles. The molecule has 0 saturated heterocycles. The number of nitrogens with one attached hydrogen (secondary N) is 1. The van der Waals surface area contributed by atoms with Gasteiger partial charge in [-0.1, -0.05) is 60.5 Å². The Kier molecular flexibility index (Phi) is 7.52. The first-order chi connectivity index (χ1) is 14.7. The largest absolute Gasteiger partial charge is 0.333 e. The Labute approximate surface area is 196 Å². The molecular weight excluding hydrogens is 475 g/mol. The van der Waals surface area contributed by atoms with Gasteiger partial charge in [0.2, 0.25) is 5.91 Å². The maximum absolute atomic E-state index is 13.1. The van der Waals surface area contributed by atoms with E-state index in [1.54, 1.807) is 24.0 Å². The lowest BCUT2D eigenvalue weighted by Crippen LogP contribution is -2.55. The predicted octanol–water partition coefficient (Wildman–Crippen LogP) is 4.77. The summed E-state index contributed by atoms with van der Waals surface area (Å²) in [4.78, 5) is 16.3. The summed E-state index contributed by atoms with van der Waals surface area (Å²) in [5.74, 6) is -0.658. The molecule has 1 amide bonds. The van der Waals surface area contributed by atoms with Crippen molar-refractivity contribution < 1.29 is 13.2 Å². The number of nitrogens with zero attached hydrogens (tertiary/aromatic N) is 1. The molecule has 1 atom stereocenters. The lowest BCUT2D eigenvalue weighted by Gasteiger charge is -2.35. The minimum atomic E-state index is -3.79. The summed E-state index contributed by atoms with van der Waals surface area (Å²) in [6, 6.07) is 12.9. The number of hydrogen-bond donors (Lipinski definition) is 1. The number of hydrogen-bond acceptors (Lipinski definition) is 5. The Hall–Kier alpha value is -1.80. The van der Waals surface area contributed by atoms with Crippen molar-refractivity contribution in [3.63, 3.8) is 0 Å². The molecule has 3 rings (SSSR count). The normalized spacial score (nSPS) is 19.2. The molecule has 164 valence electrons. The minimum absolute atomic E-state index is 0.0615. The Morgan fingerprint density at radius 2 is 1.90 bits per heavy atom. The number of halogens is 2. The van der Waals surface area contributed by atoms with Gasteiger partial charge in [-0.05, 0) is 30.0 Å². The van der Waals surface area contributed by atoms with Crippen molar-refractivity contribution in [2.24, 2.45) is 0 Å². The first-order valence-corrected chi connectivity index (χ1v) is 13.2. The van der Waals surface area contributed by atoms with E-state index in [1.165, 1.54) is 13.0 Å². The second-order valence-electron chi connectivity index (χ2n) is 7.02. The summed E-state index contributed by atoms with van der Waals surface area (Å²) >= 11 is 14.6. The van der Waals surface area contributed by atoms with Gasteiger partial charge in [-0.25, -0.2) is 8.42 Å². The van der Waals surface area contributed by atoms with Gasteiger partial charge in [0.15, 0.2) is 14.7 Å². The first-order valence-electron chi connectivity index (χ1n) is 9.56. The van der Waals surface area contributed by atoms with Gasteiger partial charge in [0.25, 0.3) is 0 Å². The summed E-state index contributed by atoms with van der Waals surface area (Å²) in [5.41, 5.74) is 1.88. The van der Waals surface area contributed by atoms with Crippen LogP contribution in [0.15, 0.2) is 69.7 Å². The summed E-state index contributed by atoms with van der Waals surface area (Å²) in [7, 11) is -3.79. The average Bonchev–Trinajstić information content (AvgIpc) is 2.74. The lowest BCUT2D eigenvalue weighted by molar-refractivity contribution is -0.121. The molecule has 1 heterocycles. The van der Waals surface area contributed by atoms with Gasteiger partial charge in [-0.3, -0.25) is 9.78 Å². The highest BCUT2D eigenvalue weighted by Gasteiger charge is 2.46. The number of sulfone groups is 1. The summed E-state index contributed by atoms with van der Waals surface area (Å²) in [6.07, 6.45) is 4.84. The highest BCUT2D eigenvalue weighted by Crippen LogP contribution is 2.43. The number of carbonyl (C=O) groups is 1. The number of allylic oxidation sites excluding steroid dienone is 2. The molecule has 1 aromatic carbocycles. The number of pyridine rings is 1. The Morgan fingerprint density at radius 1 is 1.19 bits per heavy atom. The number of thioether (sulfide) groups is 1. The number of aromatic nitrogens is 1. The fourth-order valence-corrected chi connectivity index (χ4v) is 6.20. The predicted molar refractivity (Wildman–Crippen MR) is 128 cm³/mol. The van der Waals surface area contributed by atoms with E-state index in [1.807, 2.05) is 42.7 Å². The van der Waals surface area contributed by atoms with Crippen molar-refractivity contribution in [2.45, 2.75) is 29.5 Å². The molecule has 0 fully saturated rings. The minimum Gasteiger partial charge on any atom is -0.333 e. The fourth-order valence-electron chi connectivity index (χ4n) is 3.37. The van der Waals surface area contributed by atoms with Crippen LogP contribution in [0.4, 0.5) is 0 Å². The van der Waals surface area contributed by atoms with E-state index < -0.39 is 20.6 Å². The second-order valence-corrected chi connectivity index (χ2v) is 11.3. The topological polar surface area (TPSA) is 76.1 Å². The van der Waals surface area contributed by atoms with Crippen molar-refractivity contribution in [1.82, 2.24) is 10.3 Å². The van der Waals surface area contributed by atoms with E-state index in [4.69, 9.17) is 23.2 Å². The molecule has 1 aliphatic carbocycles. The fraction of sp³-hybridized carbons (Fsp3) is 0.273. The summed E-state index contributed by atoms with van der Waals surface area (Å²) in [6.45, 7) is 1.53. The summed E-state index contributed by atoms with van der Waals surface area (Å²) in [5, 5.41) is 3.14. The third-order valence-corrected chi connectivity index (χ3v) is 8.58. The van der Waals surface area contributed by atoms with Crippen molar-refractivity contribution >= 4 is 56.3 Å². The molecule has 5 nitrogen and oxygen atoms in total. The van der Waals surface area contributed by atoms with E-state index in [2.05, 4.69) is 10.3 Å². The molecule has 0 radical (unpaired) electrons. The van der Waals surface area contributed by atoms with Crippen LogP contribution in [0.3, 0.4) is 0 Å². The van der Waals surface area contributed by atoms with Crippen LogP contribution in [-0.4, -0.2) is 36.2 Å². The zero-order valence-corrected chi connectivity index (χ0v) is 20.2. The smallest absolute Gasteiger partial charge is 0.227 e. The van der Waals surface area contributed by atoms with Crippen molar-refractivity contribution in [3.05, 3.63) is 76.1 Å². The zero-order chi connectivity index (χ0) is 22.6. The Balaban J connectivity index is 1.93. The van der Waals surface area contributed by atoms with Gasteiger partial charge in [0.05, 0.1) is 12.2 Å². The molecule has 1 aromatic heterocycles. The Bertz CT molecular complexity index is 1130. The van der Waals surface area contributed by atoms with Gasteiger partial charge >= 0.3 is 0 Å². The van der Waals surface area contributed by atoms with Gasteiger partial charge in [-0.15, -0.1) is 11.8 Å². The SMILES string of the molecule is CCS(=O)(=O)C1(NC(=O)Cc2ccc(SC)cn2)C=C(Cl)C(c2ccccc2)=C(Cl)C1. The van der Waals surface area contributed by atoms with E-state index in [0.717, 1.165) is 10.5 Å². The Morgan fingerprint density at radius 3 is 2.45 bits per heavy atom. The van der Waals surface area contributed by atoms with Crippen molar-refractivity contribution in [3.8, 4) is 0 Å². The maximum atomic E-state index is 13.1. The monoisotopic (exact) mass is 496 g/mol. The first kappa shape index (κ1) is 23.9. The molecular formula is C22H22Cl2N2O3S2. The van der Waals surface area contributed by atoms with Crippen LogP contribution in [0.1, 0.15) is 24.6 Å². The lowest BCUT2D eigenvalue weighted by atomic mass is 9.96. The number of benzene rings is 1. The van der Waals surface area contributed by atoms with Crippen LogP contribution in [0, 0.1) is 0 Å². The molecule has 31 heavy (non-hydrogen) atoms. The number of amides is 1. The molecule has 1 aliphatic rings. The molecule has 0 aliphatic heterocycles. The second kappa shape index (κ2) is 9.77. The third-order valence-electron chi connectivity index (χ3n) is 5.01. The van der Waals surface area contributed by atoms with Crippen LogP contribution in [0.25, 0.3) is 5.57 Å². The zero-order valence-electron chi connectivity index (χ0n) is 17.1. The van der Waals surface area contributed by atoms with Crippen LogP contribution in [-0.2, 0) is 21.1 Å². The molecule has 1 unspecified atom stereocenters. The van der Waals surface area contributed by atoms with Gasteiger partial charge in [0.1, 0.15) is 0 Å². The van der Waals surface area contributed by atoms with Gasteiger partial charge < -0.3 is 5.32 Å². The van der Waals surface area contributed by atoms with Gasteiger partial charge in [-0.2, -0.15) is 0 Å². The molecule has 2 aromatic rings. The van der Waals surface area contributed by atoms with Crippen LogP contribution < -0.4 is 5.32 Å². The maximum Gasteiger partial charge on any atom is 0.227 e. The number of rotatable bonds is 7. The molecule has 0 spiro atoms. The molecule has 0 bridgehead atoms. The van der Waals surface area contributed by atoms with Crippen LogP contribution in [0.2, 0.25) is 0 Å². The van der Waals surface area contributed by atoms with Gasteiger partial charge in [0, 0.05) is 38.8 Å². The standard InChI is InChI=1S/C22H22Cl2N2O3S2/c1-3-31(28,29)22(26-20(27)11-16-9-10-17(30-2)14-25-16)12-18(23)21(19(24)13-22)15-7-5-4-6-8-15/h4-10,12,14H,3,11,13H2,1-2H3,(H,26,27). The van der Waals surface area contributed by atoms with E-state index in [-0.39, 0.29) is 28.7 Å². The van der Waals surface area contributed by atoms with Crippen LogP contribution in [0.5, 0.6) is 0 Å². The van der Waals surface area contributed by atoms with E-state index in [0.29, 0.717) is 11.3 Å².